The second-order valence-electron chi connectivity index (χ2n) is 6.90. The van der Waals surface area contributed by atoms with Crippen LogP contribution in [-0.2, 0) is 0 Å². The normalized spacial score (nSPS) is 15.1. The van der Waals surface area contributed by atoms with Gasteiger partial charge >= 0.3 is 0 Å². The molecule has 27 heavy (non-hydrogen) atoms. The Kier molecular flexibility index (Phi) is 8.21. The molecule has 0 spiro atoms. The summed E-state index contributed by atoms with van der Waals surface area (Å²) in [5.41, 5.74) is 4.99. The first-order chi connectivity index (χ1) is 12.7. The molecule has 4 heteroatoms. The fourth-order valence-electron chi connectivity index (χ4n) is 3.37. The minimum Gasteiger partial charge on any atom is -0.497 e. The fourth-order valence-corrected chi connectivity index (χ4v) is 3.37. The molecule has 0 N–H and O–H groups in total. The van der Waals surface area contributed by atoms with E-state index in [0.717, 1.165) is 24.7 Å². The molecule has 0 unspecified atom stereocenters. The van der Waals surface area contributed by atoms with Crippen LogP contribution in [-0.4, -0.2) is 38.3 Å². The molecule has 0 amide bonds. The topological polar surface area (TPSA) is 21.7 Å². The summed E-state index contributed by atoms with van der Waals surface area (Å²) in [5, 5.41) is 0. The monoisotopic (exact) mass is 387 g/mol. The summed E-state index contributed by atoms with van der Waals surface area (Å²) >= 11 is 0. The van der Waals surface area contributed by atoms with Gasteiger partial charge in [-0.2, -0.15) is 0 Å². The Bertz CT molecular complexity index is 732. The number of allylic oxidation sites excluding steroid dienone is 2. The largest absolute Gasteiger partial charge is 0.497 e. The number of benzene rings is 2. The summed E-state index contributed by atoms with van der Waals surface area (Å²) in [6.45, 7) is 8.56. The number of ether oxygens (including phenoxy) is 2. The Morgan fingerprint density at radius 1 is 0.815 bits per heavy atom. The number of methoxy groups -OCH3 is 1. The SMILES string of the molecule is COc1ccc(/C(C)=C(\C)c2ccc(OCCN3CCCC3)cc2)cc1.Cl. The molecule has 3 nitrogen and oxygen atoms in total. The molecule has 146 valence electrons. The van der Waals surface area contributed by atoms with Gasteiger partial charge in [0.05, 0.1) is 7.11 Å². The van der Waals surface area contributed by atoms with Crippen molar-refractivity contribution in [1.82, 2.24) is 4.90 Å². The van der Waals surface area contributed by atoms with Crippen LogP contribution in [0.25, 0.3) is 11.1 Å². The van der Waals surface area contributed by atoms with E-state index in [4.69, 9.17) is 9.47 Å². The molecule has 1 fully saturated rings. The van der Waals surface area contributed by atoms with Gasteiger partial charge in [0, 0.05) is 6.54 Å². The minimum absolute atomic E-state index is 0. The number of halogens is 1. The van der Waals surface area contributed by atoms with Gasteiger partial charge in [-0.3, -0.25) is 4.90 Å². The molecule has 0 bridgehead atoms. The van der Waals surface area contributed by atoms with Gasteiger partial charge in [-0.25, -0.2) is 0 Å². The maximum absolute atomic E-state index is 5.90. The fraction of sp³-hybridized carbons (Fsp3) is 0.391. The van der Waals surface area contributed by atoms with Crippen molar-refractivity contribution in [1.29, 1.82) is 0 Å². The summed E-state index contributed by atoms with van der Waals surface area (Å²) < 4.78 is 11.1. The van der Waals surface area contributed by atoms with E-state index in [-0.39, 0.29) is 12.4 Å². The lowest BCUT2D eigenvalue weighted by Crippen LogP contribution is -2.25. The Morgan fingerprint density at radius 2 is 1.30 bits per heavy atom. The van der Waals surface area contributed by atoms with Crippen LogP contribution in [0.5, 0.6) is 11.5 Å². The van der Waals surface area contributed by atoms with Crippen molar-refractivity contribution in [3.63, 3.8) is 0 Å². The van der Waals surface area contributed by atoms with Gasteiger partial charge in [-0.1, -0.05) is 24.3 Å². The van der Waals surface area contributed by atoms with E-state index in [0.29, 0.717) is 0 Å². The molecule has 0 aliphatic carbocycles. The van der Waals surface area contributed by atoms with E-state index >= 15 is 0 Å². The third kappa shape index (κ3) is 5.75. The maximum atomic E-state index is 5.90. The van der Waals surface area contributed by atoms with Crippen LogP contribution in [0, 0.1) is 0 Å². The average molecular weight is 388 g/mol. The first-order valence-corrected chi connectivity index (χ1v) is 9.45. The van der Waals surface area contributed by atoms with E-state index in [1.54, 1.807) is 7.11 Å². The third-order valence-corrected chi connectivity index (χ3v) is 5.25. The van der Waals surface area contributed by atoms with Crippen LogP contribution >= 0.6 is 12.4 Å². The second-order valence-corrected chi connectivity index (χ2v) is 6.90. The zero-order valence-electron chi connectivity index (χ0n) is 16.5. The molecule has 2 aromatic rings. The molecule has 1 aliphatic rings. The molecule has 2 aromatic carbocycles. The zero-order chi connectivity index (χ0) is 18.4. The molecule has 1 heterocycles. The summed E-state index contributed by atoms with van der Waals surface area (Å²) in [6, 6.07) is 16.7. The summed E-state index contributed by atoms with van der Waals surface area (Å²) in [7, 11) is 1.69. The highest BCUT2D eigenvalue weighted by molar-refractivity contribution is 5.89. The van der Waals surface area contributed by atoms with E-state index in [9.17, 15) is 0 Å². The molecule has 0 atom stereocenters. The van der Waals surface area contributed by atoms with Crippen LogP contribution in [0.15, 0.2) is 48.5 Å². The standard InChI is InChI=1S/C23H29NO2.ClH/c1-18(20-6-10-22(25-3)11-7-20)19(2)21-8-12-23(13-9-21)26-17-16-24-14-4-5-15-24;/h6-13H,4-5,14-17H2,1-3H3;1H/b19-18+;. The molecular formula is C23H30ClNO2. The summed E-state index contributed by atoms with van der Waals surface area (Å²) in [4.78, 5) is 2.47. The number of hydrogen-bond donors (Lipinski definition) is 0. The average Bonchev–Trinajstić information content (AvgIpc) is 3.21. The molecular weight excluding hydrogens is 358 g/mol. The molecule has 1 aliphatic heterocycles. The van der Waals surface area contributed by atoms with E-state index in [1.807, 2.05) is 12.1 Å². The molecule has 3 rings (SSSR count). The highest BCUT2D eigenvalue weighted by Crippen LogP contribution is 2.28. The van der Waals surface area contributed by atoms with Crippen molar-refractivity contribution in [2.75, 3.05) is 33.4 Å². The lowest BCUT2D eigenvalue weighted by atomic mass is 9.97. The predicted molar refractivity (Wildman–Crippen MR) is 116 cm³/mol. The predicted octanol–water partition coefficient (Wildman–Crippen LogP) is 5.54. The third-order valence-electron chi connectivity index (χ3n) is 5.25. The zero-order valence-corrected chi connectivity index (χ0v) is 17.3. The molecule has 1 saturated heterocycles. The van der Waals surface area contributed by atoms with Crippen molar-refractivity contribution in [3.8, 4) is 11.5 Å². The smallest absolute Gasteiger partial charge is 0.119 e. The van der Waals surface area contributed by atoms with Gasteiger partial charge in [-0.05, 0) is 86.3 Å². The van der Waals surface area contributed by atoms with Crippen LogP contribution in [0.2, 0.25) is 0 Å². The van der Waals surface area contributed by atoms with E-state index in [2.05, 4.69) is 55.1 Å². The second kappa shape index (κ2) is 10.4. The number of likely N-dealkylation sites (tertiary alicyclic amines) is 1. The lowest BCUT2D eigenvalue weighted by molar-refractivity contribution is 0.238. The van der Waals surface area contributed by atoms with Crippen molar-refractivity contribution in [2.24, 2.45) is 0 Å². The van der Waals surface area contributed by atoms with Crippen LogP contribution in [0.4, 0.5) is 0 Å². The van der Waals surface area contributed by atoms with E-state index < -0.39 is 0 Å². The van der Waals surface area contributed by atoms with Gasteiger partial charge in [0.15, 0.2) is 0 Å². The number of rotatable bonds is 7. The van der Waals surface area contributed by atoms with Crippen LogP contribution in [0.3, 0.4) is 0 Å². The first-order valence-electron chi connectivity index (χ1n) is 9.45. The van der Waals surface area contributed by atoms with Gasteiger partial charge in [0.1, 0.15) is 18.1 Å². The lowest BCUT2D eigenvalue weighted by Gasteiger charge is -2.15. The van der Waals surface area contributed by atoms with Crippen molar-refractivity contribution in [2.45, 2.75) is 26.7 Å². The maximum Gasteiger partial charge on any atom is 0.119 e. The van der Waals surface area contributed by atoms with Gasteiger partial charge in [0.25, 0.3) is 0 Å². The highest BCUT2D eigenvalue weighted by atomic mass is 35.5. The van der Waals surface area contributed by atoms with Crippen LogP contribution < -0.4 is 9.47 Å². The molecule has 0 saturated carbocycles. The quantitative estimate of drug-likeness (QED) is 0.582. The van der Waals surface area contributed by atoms with Crippen molar-refractivity contribution in [3.05, 3.63) is 59.7 Å². The molecule has 0 radical (unpaired) electrons. The van der Waals surface area contributed by atoms with Crippen molar-refractivity contribution < 1.29 is 9.47 Å². The van der Waals surface area contributed by atoms with Gasteiger partial charge < -0.3 is 9.47 Å². The summed E-state index contributed by atoms with van der Waals surface area (Å²) in [6.07, 6.45) is 2.65. The van der Waals surface area contributed by atoms with Gasteiger partial charge in [-0.15, -0.1) is 12.4 Å². The van der Waals surface area contributed by atoms with Gasteiger partial charge in [0.2, 0.25) is 0 Å². The Morgan fingerprint density at radius 3 is 1.78 bits per heavy atom. The first kappa shape index (κ1) is 21.3. The number of nitrogens with zero attached hydrogens (tertiary/aromatic N) is 1. The highest BCUT2D eigenvalue weighted by Gasteiger charge is 2.10. The minimum atomic E-state index is 0. The number of hydrogen-bond acceptors (Lipinski definition) is 3. The van der Waals surface area contributed by atoms with E-state index in [1.165, 1.54) is 48.2 Å². The van der Waals surface area contributed by atoms with Crippen LogP contribution in [0.1, 0.15) is 37.8 Å². The Labute approximate surface area is 169 Å². The molecule has 0 aromatic heterocycles. The Balaban J connectivity index is 0.00000261. The summed E-state index contributed by atoms with van der Waals surface area (Å²) in [5.74, 6) is 1.83. The Hall–Kier alpha value is -1.97. The van der Waals surface area contributed by atoms with Crippen molar-refractivity contribution >= 4 is 23.6 Å².